The maximum absolute atomic E-state index is 13.1. The quantitative estimate of drug-likeness (QED) is 0.428. The molecule has 0 saturated carbocycles. The predicted octanol–water partition coefficient (Wildman–Crippen LogP) is 5.12. The lowest BCUT2D eigenvalue weighted by Gasteiger charge is -2.31. The first-order valence-electron chi connectivity index (χ1n) is 10.9. The number of fused-ring (bicyclic) bond motifs is 1. The second kappa shape index (κ2) is 9.11. The highest BCUT2D eigenvalue weighted by Gasteiger charge is 2.28. The van der Waals surface area contributed by atoms with Crippen LogP contribution in [0.5, 0.6) is 0 Å². The fourth-order valence-corrected chi connectivity index (χ4v) is 5.27. The van der Waals surface area contributed by atoms with Gasteiger partial charge in [0.05, 0.1) is 22.0 Å². The summed E-state index contributed by atoms with van der Waals surface area (Å²) in [5.41, 5.74) is 3.53. The van der Waals surface area contributed by atoms with Crippen LogP contribution in [0.4, 0.5) is 9.52 Å². The van der Waals surface area contributed by atoms with Crippen LogP contribution in [0.15, 0.2) is 48.5 Å². The van der Waals surface area contributed by atoms with Crippen molar-refractivity contribution in [3.63, 3.8) is 0 Å². The number of halogens is 2. The Kier molecular flexibility index (Phi) is 6.03. The summed E-state index contributed by atoms with van der Waals surface area (Å²) < 4.78 is 16.0. The second-order valence-electron chi connectivity index (χ2n) is 8.25. The standard InChI is InChI=1S/C24H23ClFN5OS/c1-15-21-22(31(29-15)20-10-6-18(25)7-11-20)28-24(33-21)30-12-2-3-17(14-30)23(32)27-13-16-4-8-19(26)9-5-16/h4-11,17H,2-3,12-14H2,1H3,(H,27,32)/t17-/m1/s1. The van der Waals surface area contributed by atoms with Gasteiger partial charge < -0.3 is 10.2 Å². The number of thiazole rings is 1. The van der Waals surface area contributed by atoms with Crippen LogP contribution in [0.25, 0.3) is 16.0 Å². The van der Waals surface area contributed by atoms with Gasteiger partial charge in [-0.3, -0.25) is 4.79 Å². The maximum atomic E-state index is 13.1. The number of benzene rings is 2. The molecule has 1 saturated heterocycles. The minimum Gasteiger partial charge on any atom is -0.352 e. The highest BCUT2D eigenvalue weighted by atomic mass is 35.5. The van der Waals surface area contributed by atoms with Crippen molar-refractivity contribution in [2.45, 2.75) is 26.3 Å². The number of anilines is 1. The van der Waals surface area contributed by atoms with Gasteiger partial charge in [-0.25, -0.2) is 9.07 Å². The molecule has 0 radical (unpaired) electrons. The number of amides is 1. The molecule has 0 unspecified atom stereocenters. The van der Waals surface area contributed by atoms with Gasteiger partial charge >= 0.3 is 0 Å². The van der Waals surface area contributed by atoms with E-state index in [2.05, 4.69) is 15.3 Å². The molecule has 9 heteroatoms. The molecule has 6 nitrogen and oxygen atoms in total. The molecule has 1 atom stereocenters. The SMILES string of the molecule is Cc1nn(-c2ccc(Cl)cc2)c2nc(N3CCC[C@@H](C(=O)NCc4ccc(F)cc4)C3)sc12. The summed E-state index contributed by atoms with van der Waals surface area (Å²) in [6.45, 7) is 3.87. The highest BCUT2D eigenvalue weighted by Crippen LogP contribution is 2.34. The second-order valence-corrected chi connectivity index (χ2v) is 9.67. The van der Waals surface area contributed by atoms with E-state index in [0.717, 1.165) is 51.8 Å². The first-order chi connectivity index (χ1) is 16.0. The summed E-state index contributed by atoms with van der Waals surface area (Å²) >= 11 is 7.65. The van der Waals surface area contributed by atoms with Crippen LogP contribution in [0, 0.1) is 18.7 Å². The van der Waals surface area contributed by atoms with Crippen molar-refractivity contribution in [2.24, 2.45) is 5.92 Å². The topological polar surface area (TPSA) is 63.1 Å². The minimum atomic E-state index is -0.279. The number of aromatic nitrogens is 3. The highest BCUT2D eigenvalue weighted by molar-refractivity contribution is 7.22. The Morgan fingerprint density at radius 2 is 1.97 bits per heavy atom. The molecule has 1 fully saturated rings. The smallest absolute Gasteiger partial charge is 0.225 e. The van der Waals surface area contributed by atoms with Crippen molar-refractivity contribution in [3.05, 3.63) is 70.6 Å². The molecular formula is C24H23ClFN5OS. The third-order valence-corrected chi connectivity index (χ3v) is 7.36. The van der Waals surface area contributed by atoms with Crippen LogP contribution in [-0.4, -0.2) is 33.8 Å². The summed E-state index contributed by atoms with van der Waals surface area (Å²) in [4.78, 5) is 19.9. The normalized spacial score (nSPS) is 16.3. The average Bonchev–Trinajstić information content (AvgIpc) is 3.40. The van der Waals surface area contributed by atoms with E-state index in [4.69, 9.17) is 16.6 Å². The molecule has 2 aromatic heterocycles. The first kappa shape index (κ1) is 21.9. The molecule has 1 N–H and O–H groups in total. The van der Waals surface area contributed by atoms with Gasteiger partial charge in [0.1, 0.15) is 5.82 Å². The Morgan fingerprint density at radius 3 is 2.73 bits per heavy atom. The Hall–Kier alpha value is -2.97. The van der Waals surface area contributed by atoms with E-state index in [1.54, 1.807) is 23.5 Å². The van der Waals surface area contributed by atoms with Crippen molar-refractivity contribution in [2.75, 3.05) is 18.0 Å². The van der Waals surface area contributed by atoms with Gasteiger partial charge in [0.2, 0.25) is 5.91 Å². The van der Waals surface area contributed by atoms with Crippen molar-refractivity contribution in [1.29, 1.82) is 0 Å². The van der Waals surface area contributed by atoms with Crippen molar-refractivity contribution >= 4 is 44.3 Å². The zero-order valence-electron chi connectivity index (χ0n) is 18.1. The summed E-state index contributed by atoms with van der Waals surface area (Å²) in [7, 11) is 0. The van der Waals surface area contributed by atoms with Gasteiger partial charge in [-0.05, 0) is 61.7 Å². The average molecular weight is 484 g/mol. The molecule has 2 aromatic carbocycles. The van der Waals surface area contributed by atoms with Crippen LogP contribution in [0.1, 0.15) is 24.1 Å². The third-order valence-electron chi connectivity index (χ3n) is 5.89. The van der Waals surface area contributed by atoms with Crippen LogP contribution < -0.4 is 10.2 Å². The number of aryl methyl sites for hydroxylation is 1. The summed E-state index contributed by atoms with van der Waals surface area (Å²) in [6, 6.07) is 13.7. The molecule has 4 aromatic rings. The van der Waals surface area contributed by atoms with E-state index >= 15 is 0 Å². The lowest BCUT2D eigenvalue weighted by Crippen LogP contribution is -2.43. The Morgan fingerprint density at radius 1 is 1.21 bits per heavy atom. The Labute approximate surface area is 200 Å². The molecular weight excluding hydrogens is 461 g/mol. The number of hydrogen-bond donors (Lipinski definition) is 1. The molecule has 170 valence electrons. The van der Waals surface area contributed by atoms with Crippen LogP contribution in [0.2, 0.25) is 5.02 Å². The van der Waals surface area contributed by atoms with E-state index < -0.39 is 0 Å². The molecule has 0 spiro atoms. The number of carbonyl (C=O) groups is 1. The zero-order valence-corrected chi connectivity index (χ0v) is 19.7. The van der Waals surface area contributed by atoms with Crippen molar-refractivity contribution in [3.8, 4) is 5.69 Å². The fourth-order valence-electron chi connectivity index (χ4n) is 4.12. The Balaban J connectivity index is 1.31. The molecule has 1 aliphatic rings. The zero-order chi connectivity index (χ0) is 22.9. The molecule has 1 amide bonds. The fraction of sp³-hybridized carbons (Fsp3) is 0.292. The van der Waals surface area contributed by atoms with Crippen LogP contribution >= 0.6 is 22.9 Å². The van der Waals surface area contributed by atoms with Gasteiger partial charge in [-0.1, -0.05) is 35.1 Å². The van der Waals surface area contributed by atoms with Gasteiger partial charge in [-0.2, -0.15) is 10.1 Å². The van der Waals surface area contributed by atoms with E-state index in [-0.39, 0.29) is 17.6 Å². The van der Waals surface area contributed by atoms with Crippen molar-refractivity contribution in [1.82, 2.24) is 20.1 Å². The van der Waals surface area contributed by atoms with E-state index in [1.165, 1.54) is 12.1 Å². The van der Waals surface area contributed by atoms with E-state index in [9.17, 15) is 9.18 Å². The molecule has 3 heterocycles. The molecule has 1 aliphatic heterocycles. The van der Waals surface area contributed by atoms with E-state index in [0.29, 0.717) is 18.1 Å². The number of carbonyl (C=O) groups excluding carboxylic acids is 1. The molecule has 0 aliphatic carbocycles. The molecule has 5 rings (SSSR count). The number of piperidine rings is 1. The lowest BCUT2D eigenvalue weighted by molar-refractivity contribution is -0.125. The van der Waals surface area contributed by atoms with Gasteiger partial charge in [0.15, 0.2) is 10.8 Å². The number of rotatable bonds is 5. The lowest BCUT2D eigenvalue weighted by atomic mass is 9.97. The first-order valence-corrected chi connectivity index (χ1v) is 12.1. The van der Waals surface area contributed by atoms with Crippen molar-refractivity contribution < 1.29 is 9.18 Å². The monoisotopic (exact) mass is 483 g/mol. The number of hydrogen-bond acceptors (Lipinski definition) is 5. The van der Waals surface area contributed by atoms with Crippen LogP contribution in [-0.2, 0) is 11.3 Å². The van der Waals surface area contributed by atoms with Gasteiger partial charge in [0, 0.05) is 24.7 Å². The summed E-state index contributed by atoms with van der Waals surface area (Å²) in [5, 5.41) is 9.23. The largest absolute Gasteiger partial charge is 0.352 e. The minimum absolute atomic E-state index is 0.0219. The van der Waals surface area contributed by atoms with Gasteiger partial charge in [-0.15, -0.1) is 0 Å². The van der Waals surface area contributed by atoms with E-state index in [1.807, 2.05) is 35.9 Å². The third kappa shape index (κ3) is 4.58. The predicted molar refractivity (Wildman–Crippen MR) is 130 cm³/mol. The number of nitrogens with one attached hydrogen (secondary N) is 1. The molecule has 0 bridgehead atoms. The number of nitrogens with zero attached hydrogens (tertiary/aromatic N) is 4. The van der Waals surface area contributed by atoms with Crippen LogP contribution in [0.3, 0.4) is 0 Å². The summed E-state index contributed by atoms with van der Waals surface area (Å²) in [5.74, 6) is -0.369. The Bertz CT molecular complexity index is 1280. The summed E-state index contributed by atoms with van der Waals surface area (Å²) in [6.07, 6.45) is 1.76. The maximum Gasteiger partial charge on any atom is 0.225 e. The van der Waals surface area contributed by atoms with Gasteiger partial charge in [0.25, 0.3) is 0 Å². The molecule has 33 heavy (non-hydrogen) atoms.